The molecule has 2 aromatic carbocycles. The van der Waals surface area contributed by atoms with Gasteiger partial charge in [-0.1, -0.05) is 41.7 Å². The number of hydrogen-bond acceptors (Lipinski definition) is 5. The van der Waals surface area contributed by atoms with E-state index in [0.29, 0.717) is 17.2 Å². The van der Waals surface area contributed by atoms with Crippen molar-refractivity contribution in [3.8, 4) is 5.75 Å². The Bertz CT molecular complexity index is 815. The smallest absolute Gasteiger partial charge is 0.224 e. The van der Waals surface area contributed by atoms with Gasteiger partial charge in [0.25, 0.3) is 0 Å². The molecule has 0 aliphatic carbocycles. The predicted octanol–water partition coefficient (Wildman–Crippen LogP) is 2.44. The molecule has 0 aliphatic heterocycles. The zero-order valence-corrected chi connectivity index (χ0v) is 12.6. The van der Waals surface area contributed by atoms with E-state index < -0.39 is 0 Å². The number of amides is 1. The van der Waals surface area contributed by atoms with Gasteiger partial charge >= 0.3 is 0 Å². The van der Waals surface area contributed by atoms with Crippen LogP contribution in [-0.2, 0) is 17.8 Å². The molecule has 0 aliphatic rings. The molecule has 1 amide bonds. The molecule has 4 N–H and O–H groups in total. The molecule has 0 atom stereocenters. The van der Waals surface area contributed by atoms with E-state index in [9.17, 15) is 9.90 Å². The lowest BCUT2D eigenvalue weighted by molar-refractivity contribution is -0.120. The van der Waals surface area contributed by atoms with E-state index in [2.05, 4.69) is 10.3 Å². The Morgan fingerprint density at radius 1 is 1.23 bits per heavy atom. The highest BCUT2D eigenvalue weighted by atomic mass is 32.1. The first-order chi connectivity index (χ1) is 10.6. The van der Waals surface area contributed by atoms with Crippen molar-refractivity contribution in [1.29, 1.82) is 0 Å². The van der Waals surface area contributed by atoms with E-state index in [1.54, 1.807) is 6.07 Å². The average Bonchev–Trinajstić information content (AvgIpc) is 2.87. The Hall–Kier alpha value is -2.60. The van der Waals surface area contributed by atoms with Gasteiger partial charge in [0.1, 0.15) is 11.3 Å². The van der Waals surface area contributed by atoms with E-state index in [0.717, 1.165) is 15.8 Å². The van der Waals surface area contributed by atoms with Crippen molar-refractivity contribution in [2.45, 2.75) is 13.0 Å². The molecule has 0 saturated heterocycles. The number of carbonyl (C=O) groups excluding carboxylic acids is 1. The third-order valence-electron chi connectivity index (χ3n) is 3.25. The molecule has 0 saturated carbocycles. The van der Waals surface area contributed by atoms with Gasteiger partial charge in [-0.3, -0.25) is 4.79 Å². The van der Waals surface area contributed by atoms with E-state index in [1.807, 2.05) is 36.4 Å². The number of phenols is 1. The monoisotopic (exact) mass is 313 g/mol. The maximum Gasteiger partial charge on any atom is 0.224 e. The Balaban J connectivity index is 1.68. The van der Waals surface area contributed by atoms with Crippen molar-refractivity contribution in [3.05, 3.63) is 53.6 Å². The summed E-state index contributed by atoms with van der Waals surface area (Å²) in [6.45, 7) is 0.488. The summed E-state index contributed by atoms with van der Waals surface area (Å²) in [6.07, 6.45) is 0.203. The zero-order chi connectivity index (χ0) is 15.5. The van der Waals surface area contributed by atoms with E-state index in [4.69, 9.17) is 5.73 Å². The summed E-state index contributed by atoms with van der Waals surface area (Å²) in [4.78, 5) is 16.1. The maximum absolute atomic E-state index is 12.0. The first-order valence-electron chi connectivity index (χ1n) is 6.80. The van der Waals surface area contributed by atoms with Gasteiger partial charge in [-0.15, -0.1) is 0 Å². The summed E-state index contributed by atoms with van der Waals surface area (Å²) in [5.74, 6) is -0.0450. The molecule has 0 unspecified atom stereocenters. The summed E-state index contributed by atoms with van der Waals surface area (Å²) in [6, 6.07) is 13.1. The Labute approximate surface area is 131 Å². The molecule has 6 heteroatoms. The van der Waals surface area contributed by atoms with Gasteiger partial charge in [-0.05, 0) is 23.3 Å². The fraction of sp³-hybridized carbons (Fsp3) is 0.125. The molecular weight excluding hydrogens is 298 g/mol. The topological polar surface area (TPSA) is 88.2 Å². The molecule has 1 aromatic heterocycles. The highest BCUT2D eigenvalue weighted by Crippen LogP contribution is 2.31. The zero-order valence-electron chi connectivity index (χ0n) is 11.7. The van der Waals surface area contributed by atoms with E-state index in [-0.39, 0.29) is 18.1 Å². The minimum absolute atomic E-state index is 0.0521. The minimum Gasteiger partial charge on any atom is -0.506 e. The molecule has 1 heterocycles. The van der Waals surface area contributed by atoms with Crippen molar-refractivity contribution < 1.29 is 9.90 Å². The molecular formula is C16H15N3O2S. The third kappa shape index (κ3) is 3.17. The molecule has 112 valence electrons. The molecule has 3 aromatic rings. The minimum atomic E-state index is -0.0971. The molecule has 22 heavy (non-hydrogen) atoms. The standard InChI is InChI=1S/C16H15N3O2S/c17-16-19-15-12(20)6-11(7-13(15)22-16)8-14(21)18-9-10-4-2-1-3-5-10/h1-7,20H,8-9H2,(H2,17,19)(H,18,21). The summed E-state index contributed by atoms with van der Waals surface area (Å²) >= 11 is 1.29. The summed E-state index contributed by atoms with van der Waals surface area (Å²) in [5.41, 5.74) is 7.90. The van der Waals surface area contributed by atoms with Gasteiger partial charge in [-0.25, -0.2) is 4.98 Å². The number of aromatic nitrogens is 1. The quantitative estimate of drug-likeness (QED) is 0.690. The van der Waals surface area contributed by atoms with Gasteiger partial charge in [0, 0.05) is 6.54 Å². The fourth-order valence-corrected chi connectivity index (χ4v) is 3.05. The third-order valence-corrected chi connectivity index (χ3v) is 4.08. The lowest BCUT2D eigenvalue weighted by atomic mass is 10.1. The number of nitrogen functional groups attached to an aromatic ring is 1. The van der Waals surface area contributed by atoms with Crippen LogP contribution in [-0.4, -0.2) is 16.0 Å². The summed E-state index contributed by atoms with van der Waals surface area (Å²) in [5, 5.41) is 13.2. The molecule has 0 radical (unpaired) electrons. The lowest BCUT2D eigenvalue weighted by Crippen LogP contribution is -2.24. The maximum atomic E-state index is 12.0. The molecule has 0 fully saturated rings. The van der Waals surface area contributed by atoms with Crippen LogP contribution in [0.15, 0.2) is 42.5 Å². The number of hydrogen-bond donors (Lipinski definition) is 3. The highest BCUT2D eigenvalue weighted by Gasteiger charge is 2.10. The van der Waals surface area contributed by atoms with E-state index >= 15 is 0 Å². The predicted molar refractivity (Wildman–Crippen MR) is 87.7 cm³/mol. The van der Waals surface area contributed by atoms with Crippen LogP contribution in [0.2, 0.25) is 0 Å². The number of rotatable bonds is 4. The van der Waals surface area contributed by atoms with Crippen LogP contribution in [0.3, 0.4) is 0 Å². The normalized spacial score (nSPS) is 10.7. The van der Waals surface area contributed by atoms with Crippen LogP contribution in [0.4, 0.5) is 5.13 Å². The number of fused-ring (bicyclic) bond motifs is 1. The number of nitrogens with zero attached hydrogens (tertiary/aromatic N) is 1. The van der Waals surface area contributed by atoms with Crippen molar-refractivity contribution in [2.75, 3.05) is 5.73 Å². The number of nitrogens with two attached hydrogens (primary N) is 1. The number of carbonyl (C=O) groups is 1. The highest BCUT2D eigenvalue weighted by molar-refractivity contribution is 7.22. The second-order valence-corrected chi connectivity index (χ2v) is 6.02. The Morgan fingerprint density at radius 3 is 2.77 bits per heavy atom. The second-order valence-electron chi connectivity index (χ2n) is 4.95. The first kappa shape index (κ1) is 14.3. The number of anilines is 1. The van der Waals surface area contributed by atoms with Crippen LogP contribution >= 0.6 is 11.3 Å². The molecule has 5 nitrogen and oxygen atoms in total. The van der Waals surface area contributed by atoms with Gasteiger partial charge in [0.05, 0.1) is 11.1 Å². The SMILES string of the molecule is Nc1nc2c(O)cc(CC(=O)NCc3ccccc3)cc2s1. The Kier molecular flexibility index (Phi) is 3.93. The average molecular weight is 313 g/mol. The number of thiazole rings is 1. The summed E-state index contributed by atoms with van der Waals surface area (Å²) < 4.78 is 0.781. The molecule has 0 spiro atoms. The van der Waals surface area contributed by atoms with Gasteiger partial charge in [0.2, 0.25) is 5.91 Å². The largest absolute Gasteiger partial charge is 0.506 e. The van der Waals surface area contributed by atoms with Crippen LogP contribution in [0.5, 0.6) is 5.75 Å². The van der Waals surface area contributed by atoms with Gasteiger partial charge in [0.15, 0.2) is 5.13 Å². The van der Waals surface area contributed by atoms with Crippen molar-refractivity contribution in [2.24, 2.45) is 0 Å². The molecule has 3 rings (SSSR count). The lowest BCUT2D eigenvalue weighted by Gasteiger charge is -2.06. The van der Waals surface area contributed by atoms with Crippen LogP contribution in [0.25, 0.3) is 10.2 Å². The van der Waals surface area contributed by atoms with Gasteiger partial charge in [-0.2, -0.15) is 0 Å². The Morgan fingerprint density at radius 2 is 2.00 bits per heavy atom. The second kappa shape index (κ2) is 6.03. The summed E-state index contributed by atoms with van der Waals surface area (Å²) in [7, 11) is 0. The number of nitrogens with one attached hydrogen (secondary N) is 1. The first-order valence-corrected chi connectivity index (χ1v) is 7.62. The molecule has 0 bridgehead atoms. The van der Waals surface area contributed by atoms with Crippen LogP contribution in [0.1, 0.15) is 11.1 Å². The van der Waals surface area contributed by atoms with Crippen molar-refractivity contribution in [1.82, 2.24) is 10.3 Å². The van der Waals surface area contributed by atoms with Gasteiger partial charge < -0.3 is 16.2 Å². The number of phenolic OH excluding ortho intramolecular Hbond substituents is 1. The van der Waals surface area contributed by atoms with Crippen LogP contribution < -0.4 is 11.1 Å². The number of benzene rings is 2. The number of aromatic hydroxyl groups is 1. The van der Waals surface area contributed by atoms with Crippen molar-refractivity contribution >= 4 is 32.6 Å². The fourth-order valence-electron chi connectivity index (χ4n) is 2.23. The van der Waals surface area contributed by atoms with Crippen molar-refractivity contribution in [3.63, 3.8) is 0 Å². The van der Waals surface area contributed by atoms with Crippen LogP contribution in [0, 0.1) is 0 Å². The van der Waals surface area contributed by atoms with E-state index in [1.165, 1.54) is 11.3 Å².